The summed E-state index contributed by atoms with van der Waals surface area (Å²) in [5.41, 5.74) is 0. The fourth-order valence-electron chi connectivity index (χ4n) is 6.31. The number of allylic oxidation sites excluding steroid dienone is 6. The normalized spacial score (nSPS) is 21.0. The summed E-state index contributed by atoms with van der Waals surface area (Å²) in [6.45, 7) is 3.69. The summed E-state index contributed by atoms with van der Waals surface area (Å²) in [7, 11) is -4.60. The minimum absolute atomic E-state index is 0.145. The Morgan fingerprint density at radius 2 is 1.07 bits per heavy atom. The molecule has 0 aromatic rings. The van der Waals surface area contributed by atoms with Crippen molar-refractivity contribution < 1.29 is 56.8 Å². The Bertz CT molecular complexity index is 1190. The van der Waals surface area contributed by atoms with E-state index in [0.717, 1.165) is 77.0 Å². The molecule has 2 unspecified atom stereocenters. The van der Waals surface area contributed by atoms with Gasteiger partial charge in [-0.25, -0.2) is 0 Å². The van der Waals surface area contributed by atoms with E-state index in [0.29, 0.717) is 12.8 Å². The highest BCUT2D eigenvalue weighted by Crippen LogP contribution is 2.24. The Labute approximate surface area is 338 Å². The van der Waals surface area contributed by atoms with Crippen molar-refractivity contribution in [1.29, 1.82) is 0 Å². The van der Waals surface area contributed by atoms with E-state index in [1.165, 1.54) is 51.4 Å². The van der Waals surface area contributed by atoms with Crippen molar-refractivity contribution in [2.24, 2.45) is 0 Å². The van der Waals surface area contributed by atoms with Crippen LogP contribution in [0.2, 0.25) is 0 Å². The van der Waals surface area contributed by atoms with Gasteiger partial charge in [-0.15, -0.1) is 0 Å². The lowest BCUT2D eigenvalue weighted by Crippen LogP contribution is -2.60. The van der Waals surface area contributed by atoms with E-state index in [4.69, 9.17) is 18.9 Å². The zero-order chi connectivity index (χ0) is 41.3. The topological polar surface area (TPSA) is 186 Å². The molecule has 56 heavy (non-hydrogen) atoms. The van der Waals surface area contributed by atoms with Gasteiger partial charge in [0, 0.05) is 12.8 Å². The zero-order valence-electron chi connectivity index (χ0n) is 34.5. The lowest BCUT2D eigenvalue weighted by molar-refractivity contribution is -0.297. The second-order valence-electron chi connectivity index (χ2n) is 15.0. The summed E-state index contributed by atoms with van der Waals surface area (Å²) in [6.07, 6.45) is 27.6. The third-order valence-corrected chi connectivity index (χ3v) is 10.5. The maximum Gasteiger partial charge on any atom is 0.306 e. The van der Waals surface area contributed by atoms with Gasteiger partial charge in [-0.3, -0.25) is 14.1 Å². The van der Waals surface area contributed by atoms with Crippen molar-refractivity contribution in [3.05, 3.63) is 36.5 Å². The number of unbranched alkanes of at least 4 members (excludes halogenated alkanes) is 18. The van der Waals surface area contributed by atoms with Crippen LogP contribution in [0.3, 0.4) is 0 Å². The van der Waals surface area contributed by atoms with Gasteiger partial charge >= 0.3 is 11.9 Å². The summed E-state index contributed by atoms with van der Waals surface area (Å²) < 4.78 is 53.9. The predicted molar refractivity (Wildman–Crippen MR) is 219 cm³/mol. The van der Waals surface area contributed by atoms with Crippen LogP contribution in [-0.2, 0) is 38.7 Å². The first-order chi connectivity index (χ1) is 27.0. The molecule has 1 fully saturated rings. The molecule has 1 heterocycles. The van der Waals surface area contributed by atoms with E-state index < -0.39 is 71.2 Å². The maximum absolute atomic E-state index is 12.8. The first-order valence-corrected chi connectivity index (χ1v) is 23.2. The number of carbonyl (C=O) groups excluding carboxylic acids is 2. The molecular weight excluding hydrogens is 741 g/mol. The second kappa shape index (κ2) is 33.8. The van der Waals surface area contributed by atoms with Gasteiger partial charge in [-0.2, -0.15) is 8.42 Å². The lowest BCUT2D eigenvalue weighted by atomic mass is 10.00. The Hall–Kier alpha value is -2.13. The van der Waals surface area contributed by atoms with Gasteiger partial charge in [-0.1, -0.05) is 127 Å². The van der Waals surface area contributed by atoms with Crippen LogP contribution in [0.1, 0.15) is 168 Å². The molecule has 326 valence electrons. The van der Waals surface area contributed by atoms with Crippen molar-refractivity contribution in [3.63, 3.8) is 0 Å². The largest absolute Gasteiger partial charge is 0.462 e. The van der Waals surface area contributed by atoms with Gasteiger partial charge in [0.2, 0.25) is 0 Å². The van der Waals surface area contributed by atoms with E-state index in [1.54, 1.807) is 0 Å². The van der Waals surface area contributed by atoms with Gasteiger partial charge in [0.25, 0.3) is 10.1 Å². The van der Waals surface area contributed by atoms with Gasteiger partial charge in [0.1, 0.15) is 36.8 Å². The smallest absolute Gasteiger partial charge is 0.306 e. The summed E-state index contributed by atoms with van der Waals surface area (Å²) >= 11 is 0. The van der Waals surface area contributed by atoms with Gasteiger partial charge in [0.15, 0.2) is 12.4 Å². The molecule has 13 heteroatoms. The Kier molecular flexibility index (Phi) is 31.3. The van der Waals surface area contributed by atoms with Crippen LogP contribution < -0.4 is 0 Å². The molecule has 12 nitrogen and oxygen atoms in total. The van der Waals surface area contributed by atoms with E-state index in [-0.39, 0.29) is 19.4 Å². The average molecular weight is 817 g/mol. The fraction of sp³-hybridized carbons (Fsp3) is 0.814. The molecule has 1 saturated heterocycles. The number of hydrogen-bond acceptors (Lipinski definition) is 11. The Morgan fingerprint density at radius 3 is 1.59 bits per heavy atom. The van der Waals surface area contributed by atoms with E-state index in [1.807, 2.05) is 0 Å². The molecule has 0 aromatic carbocycles. The summed E-state index contributed by atoms with van der Waals surface area (Å²) in [5.74, 6) is -2.02. The first kappa shape index (κ1) is 51.9. The number of esters is 2. The van der Waals surface area contributed by atoms with Crippen molar-refractivity contribution >= 4 is 22.1 Å². The highest BCUT2D eigenvalue weighted by molar-refractivity contribution is 7.85. The molecule has 0 aliphatic carbocycles. The minimum atomic E-state index is -4.60. The highest BCUT2D eigenvalue weighted by Gasteiger charge is 2.46. The molecule has 0 aromatic heterocycles. The van der Waals surface area contributed by atoms with E-state index in [2.05, 4.69) is 50.3 Å². The maximum atomic E-state index is 12.8. The molecule has 4 N–H and O–H groups in total. The van der Waals surface area contributed by atoms with Crippen LogP contribution in [0, 0.1) is 0 Å². The number of hydrogen-bond donors (Lipinski definition) is 4. The molecule has 1 rings (SSSR count). The van der Waals surface area contributed by atoms with Crippen molar-refractivity contribution in [3.8, 4) is 0 Å². The van der Waals surface area contributed by atoms with E-state index >= 15 is 0 Å². The van der Waals surface area contributed by atoms with E-state index in [9.17, 15) is 37.9 Å². The molecule has 6 atom stereocenters. The summed E-state index contributed by atoms with van der Waals surface area (Å²) in [5, 5.41) is 30.8. The molecule has 0 amide bonds. The SMILES string of the molecule is CCCCCC/C=C/C=C/CCCCCCCC(=O)O[C@H](COC(=O)CCCCCCC/C=C/CCCCCC)CO[C@H]1O[C@H](CS(=O)(=O)O)[C@@H](O)C(O)C1O. The minimum Gasteiger partial charge on any atom is -0.462 e. The van der Waals surface area contributed by atoms with Crippen molar-refractivity contribution in [1.82, 2.24) is 0 Å². The quantitative estimate of drug-likeness (QED) is 0.0158. The van der Waals surface area contributed by atoms with Gasteiger partial charge in [0.05, 0.1) is 6.61 Å². The third kappa shape index (κ3) is 28.3. The van der Waals surface area contributed by atoms with Crippen LogP contribution in [0.5, 0.6) is 0 Å². The number of rotatable bonds is 35. The highest BCUT2D eigenvalue weighted by atomic mass is 32.2. The van der Waals surface area contributed by atoms with Gasteiger partial charge < -0.3 is 34.3 Å². The molecular formula is C43H76O12S. The summed E-state index contributed by atoms with van der Waals surface area (Å²) in [4.78, 5) is 25.3. The van der Waals surface area contributed by atoms with Crippen LogP contribution in [0.4, 0.5) is 0 Å². The molecule has 1 aliphatic heterocycles. The standard InChI is InChI=1S/C43H76O12S/c1-3-5-7-9-11-13-15-17-18-20-22-24-26-28-30-32-39(45)54-36(34-53-43-42(48)41(47)40(46)37(55-43)35-56(49,50)51)33-52-38(44)31-29-27-25-23-21-19-16-14-12-10-8-6-4-2/h13-18,36-37,40-43,46-48H,3-12,19-35H2,1-2H3,(H,49,50,51)/b15-13+,16-14+,18-17+/t36-,37-,40-,41?,42?,43+/m1/s1. The Morgan fingerprint density at radius 1 is 0.607 bits per heavy atom. The molecule has 0 spiro atoms. The van der Waals surface area contributed by atoms with Crippen LogP contribution in [-0.4, -0.2) is 96.0 Å². The number of carbonyl (C=O) groups is 2. The molecule has 0 radical (unpaired) electrons. The third-order valence-electron chi connectivity index (χ3n) is 9.72. The predicted octanol–water partition coefficient (Wildman–Crippen LogP) is 8.22. The fourth-order valence-corrected chi connectivity index (χ4v) is 7.00. The van der Waals surface area contributed by atoms with Crippen molar-refractivity contribution in [2.45, 2.75) is 205 Å². The first-order valence-electron chi connectivity index (χ1n) is 21.6. The molecule has 0 saturated carbocycles. The number of aliphatic hydroxyl groups is 3. The monoisotopic (exact) mass is 817 g/mol. The van der Waals surface area contributed by atoms with Crippen molar-refractivity contribution in [2.75, 3.05) is 19.0 Å². The summed E-state index contributed by atoms with van der Waals surface area (Å²) in [6, 6.07) is 0. The molecule has 0 bridgehead atoms. The second-order valence-corrected chi connectivity index (χ2v) is 16.5. The van der Waals surface area contributed by atoms with Crippen LogP contribution in [0.15, 0.2) is 36.5 Å². The average Bonchev–Trinajstić information content (AvgIpc) is 3.16. The number of aliphatic hydroxyl groups excluding tert-OH is 3. The Balaban J connectivity index is 2.50. The van der Waals surface area contributed by atoms with Crippen LogP contribution in [0.25, 0.3) is 0 Å². The number of ether oxygens (including phenoxy) is 4. The lowest BCUT2D eigenvalue weighted by Gasteiger charge is -2.40. The molecule has 1 aliphatic rings. The zero-order valence-corrected chi connectivity index (χ0v) is 35.3. The van der Waals surface area contributed by atoms with Crippen LogP contribution >= 0.6 is 0 Å². The van der Waals surface area contributed by atoms with Gasteiger partial charge in [-0.05, 0) is 64.2 Å².